The van der Waals surface area contributed by atoms with Crippen molar-refractivity contribution >= 4 is 33.7 Å². The average Bonchev–Trinajstić information content (AvgIpc) is 2.88. The van der Waals surface area contributed by atoms with Crippen LogP contribution in [0, 0.1) is 0 Å². The summed E-state index contributed by atoms with van der Waals surface area (Å²) in [4.78, 5) is 4.39. The van der Waals surface area contributed by atoms with Gasteiger partial charge in [0.15, 0.2) is 11.2 Å². The van der Waals surface area contributed by atoms with Crippen molar-refractivity contribution in [3.63, 3.8) is 0 Å². The number of fused-ring (bicyclic) bond motifs is 3. The van der Waals surface area contributed by atoms with Crippen LogP contribution in [0.2, 0.25) is 5.02 Å². The second-order valence-electron chi connectivity index (χ2n) is 4.65. The van der Waals surface area contributed by atoms with Gasteiger partial charge in [-0.05, 0) is 35.4 Å². The molecular formula is C17H10ClNO. The van der Waals surface area contributed by atoms with Gasteiger partial charge in [0.1, 0.15) is 5.52 Å². The highest BCUT2D eigenvalue weighted by atomic mass is 35.5. The van der Waals surface area contributed by atoms with Crippen molar-refractivity contribution in [2.24, 2.45) is 0 Å². The van der Waals surface area contributed by atoms with Gasteiger partial charge < -0.3 is 4.42 Å². The Morgan fingerprint density at radius 1 is 0.900 bits per heavy atom. The molecule has 0 atom stereocenters. The molecular weight excluding hydrogens is 270 g/mol. The van der Waals surface area contributed by atoms with E-state index in [-0.39, 0.29) is 0 Å². The Morgan fingerprint density at radius 2 is 1.75 bits per heavy atom. The monoisotopic (exact) mass is 279 g/mol. The number of pyridine rings is 1. The smallest absolute Gasteiger partial charge is 0.155 e. The van der Waals surface area contributed by atoms with Crippen LogP contribution in [0.15, 0.2) is 65.2 Å². The highest BCUT2D eigenvalue weighted by molar-refractivity contribution is 6.36. The van der Waals surface area contributed by atoms with Crippen LogP contribution in [0.5, 0.6) is 0 Å². The zero-order valence-electron chi connectivity index (χ0n) is 10.5. The standard InChI is InChI=1S/C17H10ClNO/c18-14-10-12(11-5-2-1-3-6-11)9-13-16-15(20-17(13)14)7-4-8-19-16/h1-10H. The molecule has 0 radical (unpaired) electrons. The Hall–Kier alpha value is -2.32. The third-order valence-corrected chi connectivity index (χ3v) is 3.67. The maximum absolute atomic E-state index is 6.36. The summed E-state index contributed by atoms with van der Waals surface area (Å²) in [6.45, 7) is 0. The fourth-order valence-electron chi connectivity index (χ4n) is 2.46. The molecule has 96 valence electrons. The van der Waals surface area contributed by atoms with Crippen LogP contribution < -0.4 is 0 Å². The van der Waals surface area contributed by atoms with Crippen molar-refractivity contribution in [3.8, 4) is 11.1 Å². The number of hydrogen-bond donors (Lipinski definition) is 0. The highest BCUT2D eigenvalue weighted by Crippen LogP contribution is 2.36. The van der Waals surface area contributed by atoms with Gasteiger partial charge in [0, 0.05) is 11.6 Å². The van der Waals surface area contributed by atoms with Crippen molar-refractivity contribution in [1.29, 1.82) is 0 Å². The Labute approximate surface area is 120 Å². The number of hydrogen-bond acceptors (Lipinski definition) is 2. The van der Waals surface area contributed by atoms with Gasteiger partial charge in [-0.2, -0.15) is 0 Å². The molecule has 4 aromatic rings. The Bertz CT molecular complexity index is 912. The molecule has 0 fully saturated rings. The lowest BCUT2D eigenvalue weighted by Gasteiger charge is -2.02. The third-order valence-electron chi connectivity index (χ3n) is 3.39. The van der Waals surface area contributed by atoms with E-state index in [1.165, 1.54) is 0 Å². The first-order chi connectivity index (χ1) is 9.83. The SMILES string of the molecule is Clc1cc(-c2ccccc2)cc2c1oc1cccnc12. The number of furan rings is 1. The number of rotatable bonds is 1. The molecule has 0 saturated carbocycles. The lowest BCUT2D eigenvalue weighted by Crippen LogP contribution is -1.79. The van der Waals surface area contributed by atoms with Crippen molar-refractivity contribution in [2.75, 3.05) is 0 Å². The summed E-state index contributed by atoms with van der Waals surface area (Å²) in [5.41, 5.74) is 4.50. The maximum Gasteiger partial charge on any atom is 0.155 e. The molecule has 2 aromatic heterocycles. The minimum Gasteiger partial charge on any atom is -0.453 e. The third kappa shape index (κ3) is 1.69. The first kappa shape index (κ1) is 11.5. The van der Waals surface area contributed by atoms with Crippen LogP contribution in [0.4, 0.5) is 0 Å². The molecule has 3 heteroatoms. The zero-order chi connectivity index (χ0) is 13.5. The molecule has 2 aromatic carbocycles. The van der Waals surface area contributed by atoms with Crippen molar-refractivity contribution in [1.82, 2.24) is 4.98 Å². The van der Waals surface area contributed by atoms with Gasteiger partial charge in [-0.1, -0.05) is 41.9 Å². The van der Waals surface area contributed by atoms with Gasteiger partial charge in [-0.15, -0.1) is 0 Å². The van der Waals surface area contributed by atoms with Crippen molar-refractivity contribution < 1.29 is 4.42 Å². The highest BCUT2D eigenvalue weighted by Gasteiger charge is 2.12. The lowest BCUT2D eigenvalue weighted by atomic mass is 10.0. The molecule has 2 nitrogen and oxygen atoms in total. The van der Waals surface area contributed by atoms with E-state index >= 15 is 0 Å². The van der Waals surface area contributed by atoms with E-state index in [1.807, 2.05) is 36.4 Å². The molecule has 0 aliphatic rings. The fraction of sp³-hybridized carbons (Fsp3) is 0. The van der Waals surface area contributed by atoms with Crippen LogP contribution in [-0.2, 0) is 0 Å². The van der Waals surface area contributed by atoms with Gasteiger partial charge >= 0.3 is 0 Å². The second-order valence-corrected chi connectivity index (χ2v) is 5.06. The summed E-state index contributed by atoms with van der Waals surface area (Å²) in [6.07, 6.45) is 1.76. The average molecular weight is 280 g/mol. The van der Waals surface area contributed by atoms with Gasteiger partial charge in [0.25, 0.3) is 0 Å². The number of nitrogens with zero attached hydrogens (tertiary/aromatic N) is 1. The summed E-state index contributed by atoms with van der Waals surface area (Å²) in [5, 5.41) is 1.56. The predicted molar refractivity (Wildman–Crippen MR) is 82.0 cm³/mol. The Kier molecular flexibility index (Phi) is 2.51. The van der Waals surface area contributed by atoms with E-state index < -0.39 is 0 Å². The van der Waals surface area contributed by atoms with E-state index in [9.17, 15) is 0 Å². The van der Waals surface area contributed by atoms with Crippen LogP contribution in [0.25, 0.3) is 33.2 Å². The maximum atomic E-state index is 6.36. The molecule has 0 N–H and O–H groups in total. The molecule has 0 saturated heterocycles. The molecule has 0 spiro atoms. The first-order valence-electron chi connectivity index (χ1n) is 6.35. The molecule has 4 rings (SSSR count). The van der Waals surface area contributed by atoms with E-state index in [4.69, 9.17) is 16.0 Å². The van der Waals surface area contributed by atoms with Crippen molar-refractivity contribution in [2.45, 2.75) is 0 Å². The topological polar surface area (TPSA) is 26.0 Å². The summed E-state index contributed by atoms with van der Waals surface area (Å²) in [6, 6.07) is 17.9. The molecule has 0 bridgehead atoms. The zero-order valence-corrected chi connectivity index (χ0v) is 11.3. The van der Waals surface area contributed by atoms with Crippen LogP contribution >= 0.6 is 11.6 Å². The van der Waals surface area contributed by atoms with E-state index in [2.05, 4.69) is 23.2 Å². The molecule has 0 aliphatic carbocycles. The predicted octanol–water partition coefficient (Wildman–Crippen LogP) is 5.30. The Balaban J connectivity index is 2.08. The number of halogens is 1. The first-order valence-corrected chi connectivity index (χ1v) is 6.73. The van der Waals surface area contributed by atoms with Gasteiger partial charge in [-0.25, -0.2) is 0 Å². The quantitative estimate of drug-likeness (QED) is 0.472. The fourth-order valence-corrected chi connectivity index (χ4v) is 2.71. The number of benzene rings is 2. The van der Waals surface area contributed by atoms with Gasteiger partial charge in [0.05, 0.1) is 5.02 Å². The molecule has 0 aliphatic heterocycles. The Morgan fingerprint density at radius 3 is 2.60 bits per heavy atom. The molecule has 0 unspecified atom stereocenters. The van der Waals surface area contributed by atoms with Gasteiger partial charge in [-0.3, -0.25) is 4.98 Å². The largest absolute Gasteiger partial charge is 0.453 e. The molecule has 20 heavy (non-hydrogen) atoms. The minimum absolute atomic E-state index is 0.611. The van der Waals surface area contributed by atoms with E-state index in [1.54, 1.807) is 6.20 Å². The molecule has 0 amide bonds. The van der Waals surface area contributed by atoms with Crippen LogP contribution in [0.3, 0.4) is 0 Å². The number of aromatic nitrogens is 1. The summed E-state index contributed by atoms with van der Waals surface area (Å²) in [7, 11) is 0. The van der Waals surface area contributed by atoms with E-state index in [0.29, 0.717) is 10.6 Å². The lowest BCUT2D eigenvalue weighted by molar-refractivity contribution is 0.668. The van der Waals surface area contributed by atoms with E-state index in [0.717, 1.165) is 27.6 Å². The van der Waals surface area contributed by atoms with Crippen LogP contribution in [0.1, 0.15) is 0 Å². The minimum atomic E-state index is 0.611. The normalized spacial score (nSPS) is 11.2. The summed E-state index contributed by atoms with van der Waals surface area (Å²) in [5.74, 6) is 0. The van der Waals surface area contributed by atoms with Crippen LogP contribution in [-0.4, -0.2) is 4.98 Å². The van der Waals surface area contributed by atoms with Crippen molar-refractivity contribution in [3.05, 3.63) is 65.8 Å². The second kappa shape index (κ2) is 4.36. The summed E-state index contributed by atoms with van der Waals surface area (Å²) >= 11 is 6.36. The summed E-state index contributed by atoms with van der Waals surface area (Å²) < 4.78 is 5.78. The van der Waals surface area contributed by atoms with Gasteiger partial charge in [0.2, 0.25) is 0 Å². The molecule has 2 heterocycles.